The summed E-state index contributed by atoms with van der Waals surface area (Å²) in [6, 6.07) is 0. The van der Waals surface area contributed by atoms with E-state index in [0.717, 1.165) is 18.9 Å². The van der Waals surface area contributed by atoms with Crippen LogP contribution in [-0.4, -0.2) is 12.5 Å². The van der Waals surface area contributed by atoms with Gasteiger partial charge in [-0.2, -0.15) is 0 Å². The molecule has 2 rings (SSSR count). The van der Waals surface area contributed by atoms with Crippen molar-refractivity contribution in [1.82, 2.24) is 5.32 Å². The fraction of sp³-hybridized carbons (Fsp3) is 0.909. The first kappa shape index (κ1) is 10.6. The van der Waals surface area contributed by atoms with Crippen molar-refractivity contribution >= 4 is 5.91 Å². The minimum absolute atomic E-state index is 0.267. The zero-order chi connectivity index (χ0) is 9.90. The van der Waals surface area contributed by atoms with Crippen molar-refractivity contribution in [3.05, 3.63) is 0 Å². The fourth-order valence-electron chi connectivity index (χ4n) is 2.73. The van der Waals surface area contributed by atoms with Crippen molar-refractivity contribution in [2.45, 2.75) is 46.5 Å². The van der Waals surface area contributed by atoms with Gasteiger partial charge in [0.05, 0.1) is 0 Å². The summed E-state index contributed by atoms with van der Waals surface area (Å²) in [5.41, 5.74) is 0.432. The average Bonchev–Trinajstić information content (AvgIpc) is 2.05. The van der Waals surface area contributed by atoms with Crippen molar-refractivity contribution < 1.29 is 4.79 Å². The standard InChI is InChI=1S/C9H15NO.C2H6/c1-7-4-9(5-7)2-3-10-8(11)6-9;1-2/h7H,2-6H2,1H3,(H,10,11);1-2H3. The molecule has 2 heteroatoms. The second-order valence-corrected chi connectivity index (χ2v) is 4.29. The van der Waals surface area contributed by atoms with Gasteiger partial charge < -0.3 is 5.32 Å². The summed E-state index contributed by atoms with van der Waals surface area (Å²) in [5, 5.41) is 2.88. The highest BCUT2D eigenvalue weighted by molar-refractivity contribution is 5.77. The molecule has 1 saturated carbocycles. The Morgan fingerprint density at radius 3 is 2.46 bits per heavy atom. The zero-order valence-corrected chi connectivity index (χ0v) is 9.02. The van der Waals surface area contributed by atoms with E-state index in [1.54, 1.807) is 0 Å². The lowest BCUT2D eigenvalue weighted by Crippen LogP contribution is -2.47. The van der Waals surface area contributed by atoms with Crippen LogP contribution in [0.2, 0.25) is 0 Å². The predicted octanol–water partition coefficient (Wildman–Crippen LogP) is 2.34. The summed E-state index contributed by atoms with van der Waals surface area (Å²) in [5.74, 6) is 1.13. The van der Waals surface area contributed by atoms with Crippen molar-refractivity contribution in [3.8, 4) is 0 Å². The fourth-order valence-corrected chi connectivity index (χ4v) is 2.73. The number of piperidine rings is 1. The van der Waals surface area contributed by atoms with Crippen LogP contribution in [-0.2, 0) is 4.79 Å². The molecular formula is C11H21NO. The summed E-state index contributed by atoms with van der Waals surface area (Å²) in [7, 11) is 0. The first-order valence-electron chi connectivity index (χ1n) is 5.47. The summed E-state index contributed by atoms with van der Waals surface area (Å²) in [6.45, 7) is 7.18. The van der Waals surface area contributed by atoms with Crippen molar-refractivity contribution in [3.63, 3.8) is 0 Å². The highest BCUT2D eigenvalue weighted by atomic mass is 16.1. The Balaban J connectivity index is 0.000000396. The Morgan fingerprint density at radius 1 is 1.38 bits per heavy atom. The van der Waals surface area contributed by atoms with Crippen LogP contribution in [0, 0.1) is 11.3 Å². The van der Waals surface area contributed by atoms with Crippen molar-refractivity contribution in [2.24, 2.45) is 11.3 Å². The second kappa shape index (κ2) is 4.12. The number of rotatable bonds is 0. The molecular weight excluding hydrogens is 162 g/mol. The van der Waals surface area contributed by atoms with Gasteiger partial charge in [0, 0.05) is 13.0 Å². The SMILES string of the molecule is CC.CC1CC2(CCNC(=O)C2)C1. The van der Waals surface area contributed by atoms with Crippen LogP contribution in [0.1, 0.15) is 46.5 Å². The van der Waals surface area contributed by atoms with E-state index in [1.165, 1.54) is 19.3 Å². The molecule has 1 aliphatic carbocycles. The third-order valence-corrected chi connectivity index (χ3v) is 3.08. The van der Waals surface area contributed by atoms with Crippen LogP contribution in [0.15, 0.2) is 0 Å². The van der Waals surface area contributed by atoms with Crippen molar-refractivity contribution in [2.75, 3.05) is 6.54 Å². The molecule has 2 nitrogen and oxygen atoms in total. The monoisotopic (exact) mass is 183 g/mol. The van der Waals surface area contributed by atoms with Gasteiger partial charge in [0.25, 0.3) is 0 Å². The Labute approximate surface area is 81.1 Å². The maximum Gasteiger partial charge on any atom is 0.220 e. The first-order valence-corrected chi connectivity index (χ1v) is 5.47. The van der Waals surface area contributed by atoms with Crippen LogP contribution in [0.5, 0.6) is 0 Å². The van der Waals surface area contributed by atoms with E-state index in [0.29, 0.717) is 5.41 Å². The third kappa shape index (κ3) is 2.23. The van der Waals surface area contributed by atoms with Gasteiger partial charge in [-0.05, 0) is 30.6 Å². The second-order valence-electron chi connectivity index (χ2n) is 4.29. The smallest absolute Gasteiger partial charge is 0.220 e. The van der Waals surface area contributed by atoms with Gasteiger partial charge in [0.2, 0.25) is 5.91 Å². The van der Waals surface area contributed by atoms with Gasteiger partial charge >= 0.3 is 0 Å². The molecule has 0 unspecified atom stereocenters. The number of hydrogen-bond donors (Lipinski definition) is 1. The van der Waals surface area contributed by atoms with Crippen LogP contribution >= 0.6 is 0 Å². The van der Waals surface area contributed by atoms with Gasteiger partial charge in [-0.25, -0.2) is 0 Å². The van der Waals surface area contributed by atoms with Crippen LogP contribution in [0.3, 0.4) is 0 Å². The Morgan fingerprint density at radius 2 is 2.00 bits per heavy atom. The van der Waals surface area contributed by atoms with Gasteiger partial charge in [0.1, 0.15) is 0 Å². The van der Waals surface area contributed by atoms with E-state index in [9.17, 15) is 4.79 Å². The maximum atomic E-state index is 11.1. The van der Waals surface area contributed by atoms with Gasteiger partial charge in [0.15, 0.2) is 0 Å². The van der Waals surface area contributed by atoms with Gasteiger partial charge in [-0.15, -0.1) is 0 Å². The number of hydrogen-bond acceptors (Lipinski definition) is 1. The molecule has 0 aromatic heterocycles. The van der Waals surface area contributed by atoms with E-state index in [1.807, 2.05) is 13.8 Å². The first-order chi connectivity index (χ1) is 6.20. The highest BCUT2D eigenvalue weighted by Crippen LogP contribution is 2.51. The molecule has 1 N–H and O–H groups in total. The Kier molecular flexibility index (Phi) is 3.34. The quantitative estimate of drug-likeness (QED) is 0.613. The van der Waals surface area contributed by atoms with E-state index in [-0.39, 0.29) is 5.91 Å². The predicted molar refractivity (Wildman–Crippen MR) is 54.4 cm³/mol. The molecule has 0 bridgehead atoms. The molecule has 0 aromatic rings. The van der Waals surface area contributed by atoms with Crippen LogP contribution < -0.4 is 5.32 Å². The Hall–Kier alpha value is -0.530. The number of nitrogens with one attached hydrogen (secondary N) is 1. The molecule has 0 aromatic carbocycles. The van der Waals surface area contributed by atoms with Crippen molar-refractivity contribution in [1.29, 1.82) is 0 Å². The highest BCUT2D eigenvalue weighted by Gasteiger charge is 2.44. The largest absolute Gasteiger partial charge is 0.356 e. The molecule has 13 heavy (non-hydrogen) atoms. The number of amides is 1. The van der Waals surface area contributed by atoms with Gasteiger partial charge in [-0.1, -0.05) is 20.8 Å². The summed E-state index contributed by atoms with van der Waals surface area (Å²) >= 11 is 0. The maximum absolute atomic E-state index is 11.1. The van der Waals surface area contributed by atoms with Crippen LogP contribution in [0.4, 0.5) is 0 Å². The normalized spacial score (nSPS) is 37.2. The minimum atomic E-state index is 0.267. The molecule has 0 radical (unpaired) electrons. The topological polar surface area (TPSA) is 29.1 Å². The summed E-state index contributed by atoms with van der Waals surface area (Å²) in [6.07, 6.45) is 4.56. The number of carbonyl (C=O) groups is 1. The van der Waals surface area contributed by atoms with E-state index >= 15 is 0 Å². The zero-order valence-electron chi connectivity index (χ0n) is 9.02. The Bertz CT molecular complexity index is 177. The molecule has 1 amide bonds. The van der Waals surface area contributed by atoms with E-state index < -0.39 is 0 Å². The van der Waals surface area contributed by atoms with E-state index in [2.05, 4.69) is 12.2 Å². The lowest BCUT2D eigenvalue weighted by molar-refractivity contribution is -0.129. The molecule has 1 saturated heterocycles. The lowest BCUT2D eigenvalue weighted by atomic mass is 9.58. The lowest BCUT2D eigenvalue weighted by Gasteiger charge is -2.48. The third-order valence-electron chi connectivity index (χ3n) is 3.08. The average molecular weight is 183 g/mol. The molecule has 76 valence electrons. The summed E-state index contributed by atoms with van der Waals surface area (Å²) < 4.78 is 0. The molecule has 1 aliphatic heterocycles. The molecule has 2 aliphatic rings. The summed E-state index contributed by atoms with van der Waals surface area (Å²) in [4.78, 5) is 11.1. The van der Waals surface area contributed by atoms with Crippen LogP contribution in [0.25, 0.3) is 0 Å². The molecule has 1 spiro atoms. The van der Waals surface area contributed by atoms with E-state index in [4.69, 9.17) is 0 Å². The minimum Gasteiger partial charge on any atom is -0.356 e. The van der Waals surface area contributed by atoms with Gasteiger partial charge in [-0.3, -0.25) is 4.79 Å². The molecule has 0 atom stereocenters. The number of carbonyl (C=O) groups excluding carboxylic acids is 1. The molecule has 1 heterocycles. The molecule has 2 fully saturated rings.